The van der Waals surface area contributed by atoms with E-state index in [1.54, 1.807) is 19.1 Å². The van der Waals surface area contributed by atoms with Gasteiger partial charge in [0.1, 0.15) is 0 Å². The minimum absolute atomic E-state index is 0.0226. The van der Waals surface area contributed by atoms with Gasteiger partial charge in [-0.25, -0.2) is 4.98 Å². The largest absolute Gasteiger partial charge is 0.440 e. The van der Waals surface area contributed by atoms with Crippen LogP contribution in [0.5, 0.6) is 0 Å². The van der Waals surface area contributed by atoms with Gasteiger partial charge in [0, 0.05) is 6.42 Å². The highest BCUT2D eigenvalue weighted by Crippen LogP contribution is 2.44. The van der Waals surface area contributed by atoms with E-state index in [0.717, 1.165) is 41.4 Å². The molecule has 4 rings (SSSR count). The molecule has 1 aliphatic heterocycles. The maximum absolute atomic E-state index is 14.3. The van der Waals surface area contributed by atoms with Crippen LogP contribution in [0, 0.1) is 19.8 Å². The Bertz CT molecular complexity index is 976. The third-order valence-electron chi connectivity index (χ3n) is 5.84. The molecular formula is C19H21F3N4O2. The van der Waals surface area contributed by atoms with Gasteiger partial charge in [-0.05, 0) is 55.9 Å². The molecule has 2 aliphatic rings. The van der Waals surface area contributed by atoms with Gasteiger partial charge in [-0.2, -0.15) is 13.2 Å². The van der Waals surface area contributed by atoms with Crippen molar-refractivity contribution in [3.8, 4) is 0 Å². The van der Waals surface area contributed by atoms with Crippen molar-refractivity contribution in [1.29, 1.82) is 0 Å². The maximum atomic E-state index is 14.3. The van der Waals surface area contributed by atoms with Crippen molar-refractivity contribution in [3.63, 3.8) is 0 Å². The first-order valence-corrected chi connectivity index (χ1v) is 9.33. The molecule has 0 saturated heterocycles. The lowest BCUT2D eigenvalue weighted by Gasteiger charge is -2.32. The average molecular weight is 394 g/mol. The van der Waals surface area contributed by atoms with Gasteiger partial charge in [-0.1, -0.05) is 12.8 Å². The number of imidazole rings is 1. The van der Waals surface area contributed by atoms with Gasteiger partial charge in [0.15, 0.2) is 0 Å². The fourth-order valence-corrected chi connectivity index (χ4v) is 4.22. The van der Waals surface area contributed by atoms with Crippen LogP contribution in [0.4, 0.5) is 19.1 Å². The van der Waals surface area contributed by atoms with E-state index in [9.17, 15) is 22.8 Å². The second kappa shape index (κ2) is 6.22. The molecule has 1 aromatic carbocycles. The Morgan fingerprint density at radius 1 is 1.29 bits per heavy atom. The first-order valence-electron chi connectivity index (χ1n) is 9.33. The van der Waals surface area contributed by atoms with Crippen LogP contribution in [-0.2, 0) is 15.3 Å². The summed E-state index contributed by atoms with van der Waals surface area (Å²) in [5.41, 5.74) is -1.08. The van der Waals surface area contributed by atoms with Crippen LogP contribution in [0.15, 0.2) is 12.1 Å². The number of hydrogen-bond acceptors (Lipinski definition) is 3. The van der Waals surface area contributed by atoms with Gasteiger partial charge >= 0.3 is 6.18 Å². The number of carbonyl (C=O) groups is 2. The summed E-state index contributed by atoms with van der Waals surface area (Å²) in [5.74, 6) is -2.29. The summed E-state index contributed by atoms with van der Waals surface area (Å²) in [6.45, 7) is 3.60. The average Bonchev–Trinajstić information content (AvgIpc) is 3.26. The maximum Gasteiger partial charge on any atom is 0.440 e. The Labute approximate surface area is 159 Å². The third-order valence-corrected chi connectivity index (χ3v) is 5.84. The van der Waals surface area contributed by atoms with Crippen molar-refractivity contribution in [2.45, 2.75) is 57.8 Å². The summed E-state index contributed by atoms with van der Waals surface area (Å²) in [4.78, 5) is 29.2. The summed E-state index contributed by atoms with van der Waals surface area (Å²) < 4.78 is 43.6. The molecule has 150 valence electrons. The second-order valence-electron chi connectivity index (χ2n) is 7.76. The highest BCUT2D eigenvalue weighted by Gasteiger charge is 2.67. The fourth-order valence-electron chi connectivity index (χ4n) is 4.22. The van der Waals surface area contributed by atoms with Gasteiger partial charge in [0.2, 0.25) is 11.9 Å². The van der Waals surface area contributed by atoms with Crippen molar-refractivity contribution >= 4 is 28.8 Å². The lowest BCUT2D eigenvalue weighted by Crippen LogP contribution is -2.63. The molecule has 2 heterocycles. The standard InChI is InChI=1S/C19H21F3N4O2/c1-10-7-13-14(8-11(10)2)26-17(23-13)24-16(28)18(26,19(20,21)22)25-15(27)9-12-5-3-4-6-12/h7-8,12H,3-6,9H2,1-2H3,(H,25,27)(H,23,24,28). The minimum Gasteiger partial charge on any atom is -0.317 e. The number of alkyl halides is 3. The summed E-state index contributed by atoms with van der Waals surface area (Å²) in [6, 6.07) is 3.23. The number of anilines is 1. The number of amides is 2. The zero-order valence-corrected chi connectivity index (χ0v) is 15.6. The third kappa shape index (κ3) is 2.67. The number of nitrogens with one attached hydrogen (secondary N) is 2. The number of rotatable bonds is 3. The van der Waals surface area contributed by atoms with Crippen LogP contribution in [0.2, 0.25) is 0 Å². The predicted molar refractivity (Wildman–Crippen MR) is 96.6 cm³/mol. The predicted octanol–water partition coefficient (Wildman–Crippen LogP) is 3.52. The molecule has 2 amide bonds. The van der Waals surface area contributed by atoms with Gasteiger partial charge in [-0.15, -0.1) is 0 Å². The first-order chi connectivity index (χ1) is 13.1. The number of nitrogens with zero attached hydrogens (tertiary/aromatic N) is 2. The summed E-state index contributed by atoms with van der Waals surface area (Å²) in [5, 5.41) is 4.22. The van der Waals surface area contributed by atoms with Crippen LogP contribution < -0.4 is 10.6 Å². The quantitative estimate of drug-likeness (QED) is 0.836. The lowest BCUT2D eigenvalue weighted by atomic mass is 10.0. The molecule has 0 spiro atoms. The Hall–Kier alpha value is -2.58. The molecule has 1 atom stereocenters. The zero-order chi connectivity index (χ0) is 20.3. The van der Waals surface area contributed by atoms with Crippen LogP contribution in [0.1, 0.15) is 43.2 Å². The monoisotopic (exact) mass is 394 g/mol. The van der Waals surface area contributed by atoms with E-state index in [0.29, 0.717) is 5.52 Å². The van der Waals surface area contributed by atoms with E-state index in [2.05, 4.69) is 10.3 Å². The lowest BCUT2D eigenvalue weighted by molar-refractivity contribution is -0.217. The molecule has 1 fully saturated rings. The van der Waals surface area contributed by atoms with Gasteiger partial charge in [-0.3, -0.25) is 19.5 Å². The first kappa shape index (κ1) is 18.8. The van der Waals surface area contributed by atoms with Crippen molar-refractivity contribution in [2.24, 2.45) is 5.92 Å². The topological polar surface area (TPSA) is 76.0 Å². The molecule has 28 heavy (non-hydrogen) atoms. The second-order valence-corrected chi connectivity index (χ2v) is 7.76. The summed E-state index contributed by atoms with van der Waals surface area (Å²) in [6.07, 6.45) is -1.49. The van der Waals surface area contributed by atoms with Crippen LogP contribution in [0.25, 0.3) is 11.0 Å². The Kier molecular flexibility index (Phi) is 4.17. The number of hydrogen-bond donors (Lipinski definition) is 2. The number of benzene rings is 1. The van der Waals surface area contributed by atoms with Crippen molar-refractivity contribution < 1.29 is 22.8 Å². The van der Waals surface area contributed by atoms with Crippen LogP contribution in [-0.4, -0.2) is 27.5 Å². The van der Waals surface area contributed by atoms with Gasteiger partial charge in [0.25, 0.3) is 11.6 Å². The van der Waals surface area contributed by atoms with Gasteiger partial charge < -0.3 is 5.32 Å². The molecule has 0 radical (unpaired) electrons. The molecule has 2 N–H and O–H groups in total. The Balaban J connectivity index is 1.82. The number of aromatic nitrogens is 2. The van der Waals surface area contributed by atoms with Crippen molar-refractivity contribution in [3.05, 3.63) is 23.3 Å². The van der Waals surface area contributed by atoms with Crippen molar-refractivity contribution in [1.82, 2.24) is 14.9 Å². The molecule has 1 aromatic heterocycles. The number of carbonyl (C=O) groups excluding carboxylic acids is 2. The normalized spacial score (nSPS) is 22.5. The van der Waals surface area contributed by atoms with E-state index in [-0.39, 0.29) is 23.8 Å². The molecule has 1 saturated carbocycles. The van der Waals surface area contributed by atoms with Crippen molar-refractivity contribution in [2.75, 3.05) is 5.32 Å². The molecular weight excluding hydrogens is 373 g/mol. The summed E-state index contributed by atoms with van der Waals surface area (Å²) >= 11 is 0. The van der Waals surface area contributed by atoms with E-state index in [4.69, 9.17) is 0 Å². The fraction of sp³-hybridized carbons (Fsp3) is 0.526. The van der Waals surface area contributed by atoms with E-state index in [1.807, 2.05) is 12.2 Å². The van der Waals surface area contributed by atoms with Crippen LogP contribution >= 0.6 is 0 Å². The smallest absolute Gasteiger partial charge is 0.317 e. The number of fused-ring (bicyclic) bond motifs is 3. The SMILES string of the molecule is Cc1cc2nc3n(c2cc1C)C(NC(=O)CC1CCCC1)(C(F)(F)F)C(=O)N3. The van der Waals surface area contributed by atoms with E-state index in [1.165, 1.54) is 0 Å². The Morgan fingerprint density at radius 2 is 1.93 bits per heavy atom. The van der Waals surface area contributed by atoms with E-state index < -0.39 is 23.7 Å². The number of aryl methyl sites for hydroxylation is 2. The summed E-state index contributed by atoms with van der Waals surface area (Å²) in [7, 11) is 0. The molecule has 1 unspecified atom stereocenters. The highest BCUT2D eigenvalue weighted by atomic mass is 19.4. The molecule has 9 heteroatoms. The molecule has 1 aliphatic carbocycles. The Morgan fingerprint density at radius 3 is 2.57 bits per heavy atom. The van der Waals surface area contributed by atoms with Crippen LogP contribution in [0.3, 0.4) is 0 Å². The van der Waals surface area contributed by atoms with Gasteiger partial charge in [0.05, 0.1) is 11.0 Å². The molecule has 0 bridgehead atoms. The number of halogens is 3. The molecule has 2 aromatic rings. The zero-order valence-electron chi connectivity index (χ0n) is 15.6. The highest BCUT2D eigenvalue weighted by molar-refractivity contribution is 6.05. The molecule has 6 nitrogen and oxygen atoms in total. The van der Waals surface area contributed by atoms with E-state index >= 15 is 0 Å². The minimum atomic E-state index is -5.04.